The zero-order chi connectivity index (χ0) is 12.7. The van der Waals surface area contributed by atoms with E-state index in [1.54, 1.807) is 18.2 Å². The Morgan fingerprint density at radius 2 is 2.24 bits per heavy atom. The fraction of sp³-hybridized carbons (Fsp3) is 0.538. The fourth-order valence-corrected chi connectivity index (χ4v) is 1.96. The second-order valence-corrected chi connectivity index (χ2v) is 4.53. The Hall–Kier alpha value is -0.800. The average molecular weight is 260 g/mol. The highest BCUT2D eigenvalue weighted by molar-refractivity contribution is 6.17. The molecule has 4 heteroatoms. The molecule has 1 N–H and O–H groups in total. The monoisotopic (exact) mass is 259 g/mol. The van der Waals surface area contributed by atoms with Crippen LogP contribution in [0.3, 0.4) is 0 Å². The van der Waals surface area contributed by atoms with E-state index in [0.29, 0.717) is 23.9 Å². The lowest BCUT2D eigenvalue weighted by Crippen LogP contribution is -2.21. The summed E-state index contributed by atoms with van der Waals surface area (Å²) in [6, 6.07) is 5.17. The second-order valence-electron chi connectivity index (χ2n) is 4.15. The fourth-order valence-electron chi connectivity index (χ4n) is 1.59. The number of rotatable bonds is 7. The van der Waals surface area contributed by atoms with Crippen molar-refractivity contribution in [3.05, 3.63) is 29.6 Å². The van der Waals surface area contributed by atoms with Gasteiger partial charge in [0.1, 0.15) is 0 Å². The molecule has 1 rings (SSSR count). The van der Waals surface area contributed by atoms with Crippen molar-refractivity contribution in [3.63, 3.8) is 0 Å². The summed E-state index contributed by atoms with van der Waals surface area (Å²) in [6.45, 7) is 3.47. The highest BCUT2D eigenvalue weighted by Gasteiger charge is 2.08. The highest BCUT2D eigenvalue weighted by atomic mass is 35.5. The van der Waals surface area contributed by atoms with Crippen LogP contribution < -0.4 is 10.1 Å². The SMILES string of the molecule is COc1cccc(CNCC(C)CCCl)c1F. The molecule has 0 aliphatic heterocycles. The maximum atomic E-state index is 13.8. The molecule has 0 aromatic heterocycles. The number of hydrogen-bond donors (Lipinski definition) is 1. The number of halogens is 2. The van der Waals surface area contributed by atoms with Crippen molar-refractivity contribution < 1.29 is 9.13 Å². The van der Waals surface area contributed by atoms with Crippen LogP contribution in [0.15, 0.2) is 18.2 Å². The Morgan fingerprint density at radius 3 is 2.88 bits per heavy atom. The number of methoxy groups -OCH3 is 1. The van der Waals surface area contributed by atoms with Crippen molar-refractivity contribution in [1.82, 2.24) is 5.32 Å². The van der Waals surface area contributed by atoms with Crippen LogP contribution in [-0.4, -0.2) is 19.5 Å². The molecule has 0 spiro atoms. The van der Waals surface area contributed by atoms with Gasteiger partial charge in [0.25, 0.3) is 0 Å². The lowest BCUT2D eigenvalue weighted by atomic mass is 10.1. The smallest absolute Gasteiger partial charge is 0.169 e. The van der Waals surface area contributed by atoms with Gasteiger partial charge in [-0.3, -0.25) is 0 Å². The molecule has 96 valence electrons. The van der Waals surface area contributed by atoms with E-state index in [9.17, 15) is 4.39 Å². The van der Waals surface area contributed by atoms with Crippen LogP contribution >= 0.6 is 11.6 Å². The van der Waals surface area contributed by atoms with Gasteiger partial charge in [0.2, 0.25) is 0 Å². The summed E-state index contributed by atoms with van der Waals surface area (Å²) >= 11 is 5.65. The van der Waals surface area contributed by atoms with Crippen LogP contribution in [0.1, 0.15) is 18.9 Å². The summed E-state index contributed by atoms with van der Waals surface area (Å²) in [7, 11) is 1.47. The van der Waals surface area contributed by atoms with Gasteiger partial charge < -0.3 is 10.1 Å². The second kappa shape index (κ2) is 7.51. The molecule has 1 atom stereocenters. The minimum absolute atomic E-state index is 0.285. The first-order valence-electron chi connectivity index (χ1n) is 5.77. The summed E-state index contributed by atoms with van der Waals surface area (Å²) in [6.07, 6.45) is 0.967. The third-order valence-corrected chi connectivity index (χ3v) is 2.89. The maximum absolute atomic E-state index is 13.8. The Morgan fingerprint density at radius 1 is 1.47 bits per heavy atom. The molecule has 0 fully saturated rings. The normalized spacial score (nSPS) is 12.5. The van der Waals surface area contributed by atoms with Gasteiger partial charge in [0.05, 0.1) is 7.11 Å². The van der Waals surface area contributed by atoms with Gasteiger partial charge in [0, 0.05) is 18.0 Å². The first-order chi connectivity index (χ1) is 8.19. The number of hydrogen-bond acceptors (Lipinski definition) is 2. The molecule has 0 aliphatic carbocycles. The zero-order valence-electron chi connectivity index (χ0n) is 10.3. The summed E-state index contributed by atoms with van der Waals surface area (Å²) < 4.78 is 18.7. The molecule has 1 aromatic rings. The van der Waals surface area contributed by atoms with Crippen molar-refractivity contribution in [2.75, 3.05) is 19.5 Å². The molecule has 0 bridgehead atoms. The number of alkyl halides is 1. The largest absolute Gasteiger partial charge is 0.494 e. The molecule has 1 unspecified atom stereocenters. The van der Waals surface area contributed by atoms with E-state index >= 15 is 0 Å². The molecule has 1 aromatic carbocycles. The molecule has 0 amide bonds. The third-order valence-electron chi connectivity index (χ3n) is 2.67. The number of ether oxygens (including phenoxy) is 1. The van der Waals surface area contributed by atoms with E-state index in [1.807, 2.05) is 0 Å². The summed E-state index contributed by atoms with van der Waals surface area (Å²) in [5.41, 5.74) is 0.627. The number of nitrogens with one attached hydrogen (secondary N) is 1. The van der Waals surface area contributed by atoms with E-state index < -0.39 is 0 Å². The minimum Gasteiger partial charge on any atom is -0.494 e. The van der Waals surface area contributed by atoms with Crippen molar-refractivity contribution in [3.8, 4) is 5.75 Å². The van der Waals surface area contributed by atoms with Gasteiger partial charge >= 0.3 is 0 Å². The number of benzene rings is 1. The Balaban J connectivity index is 2.46. The predicted octanol–water partition coefficient (Wildman–Crippen LogP) is 3.19. The molecule has 0 aliphatic rings. The van der Waals surface area contributed by atoms with Crippen molar-refractivity contribution in [2.24, 2.45) is 5.92 Å². The van der Waals surface area contributed by atoms with E-state index in [2.05, 4.69) is 12.2 Å². The van der Waals surface area contributed by atoms with Gasteiger partial charge in [-0.2, -0.15) is 0 Å². The summed E-state index contributed by atoms with van der Waals surface area (Å²) in [4.78, 5) is 0. The Labute approximate surface area is 107 Å². The van der Waals surface area contributed by atoms with Crippen molar-refractivity contribution in [1.29, 1.82) is 0 Å². The molecule has 0 heterocycles. The quantitative estimate of drug-likeness (QED) is 0.760. The Kier molecular flexibility index (Phi) is 6.30. The minimum atomic E-state index is -0.285. The first kappa shape index (κ1) is 14.3. The van der Waals surface area contributed by atoms with Crippen LogP contribution in [0, 0.1) is 11.7 Å². The van der Waals surface area contributed by atoms with E-state index in [1.165, 1.54) is 7.11 Å². The van der Waals surface area contributed by atoms with Crippen LogP contribution in [0.2, 0.25) is 0 Å². The third kappa shape index (κ3) is 4.52. The van der Waals surface area contributed by atoms with E-state index in [-0.39, 0.29) is 11.6 Å². The lowest BCUT2D eigenvalue weighted by Gasteiger charge is -2.12. The predicted molar refractivity (Wildman–Crippen MR) is 69.2 cm³/mol. The van der Waals surface area contributed by atoms with Gasteiger partial charge in [-0.25, -0.2) is 4.39 Å². The maximum Gasteiger partial charge on any atom is 0.169 e. The standard InChI is InChI=1S/C13H19ClFNO/c1-10(6-7-14)8-16-9-11-4-3-5-12(17-2)13(11)15/h3-5,10,16H,6-9H2,1-2H3. The van der Waals surface area contributed by atoms with Crippen molar-refractivity contribution >= 4 is 11.6 Å². The summed E-state index contributed by atoms with van der Waals surface area (Å²) in [5, 5.41) is 3.22. The molecule has 17 heavy (non-hydrogen) atoms. The average Bonchev–Trinajstić information content (AvgIpc) is 2.32. The highest BCUT2D eigenvalue weighted by Crippen LogP contribution is 2.19. The molecular weight excluding hydrogens is 241 g/mol. The van der Waals surface area contributed by atoms with Gasteiger partial charge in [-0.05, 0) is 24.9 Å². The molecule has 2 nitrogen and oxygen atoms in total. The molecule has 0 radical (unpaired) electrons. The molecule has 0 saturated heterocycles. The lowest BCUT2D eigenvalue weighted by molar-refractivity contribution is 0.382. The first-order valence-corrected chi connectivity index (χ1v) is 6.30. The zero-order valence-corrected chi connectivity index (χ0v) is 11.1. The van der Waals surface area contributed by atoms with Crippen molar-refractivity contribution in [2.45, 2.75) is 19.9 Å². The van der Waals surface area contributed by atoms with Crippen LogP contribution in [-0.2, 0) is 6.54 Å². The van der Waals surface area contributed by atoms with E-state index in [0.717, 1.165) is 13.0 Å². The molecule has 0 saturated carbocycles. The van der Waals surface area contributed by atoms with Crippen LogP contribution in [0.25, 0.3) is 0 Å². The molecular formula is C13H19ClFNO. The van der Waals surface area contributed by atoms with Gasteiger partial charge in [0.15, 0.2) is 11.6 Å². The summed E-state index contributed by atoms with van der Waals surface area (Å²) in [5.74, 6) is 1.17. The van der Waals surface area contributed by atoms with Crippen LogP contribution in [0.4, 0.5) is 4.39 Å². The Bertz CT molecular complexity index is 346. The van der Waals surface area contributed by atoms with Crippen LogP contribution in [0.5, 0.6) is 5.75 Å². The van der Waals surface area contributed by atoms with Gasteiger partial charge in [-0.15, -0.1) is 11.6 Å². The van der Waals surface area contributed by atoms with E-state index in [4.69, 9.17) is 16.3 Å². The topological polar surface area (TPSA) is 21.3 Å². The van der Waals surface area contributed by atoms with Gasteiger partial charge in [-0.1, -0.05) is 19.1 Å².